The first kappa shape index (κ1) is 8.54. The second-order valence-corrected chi connectivity index (χ2v) is 3.81. The zero-order valence-corrected chi connectivity index (χ0v) is 8.16. The van der Waals surface area contributed by atoms with Crippen LogP contribution in [0.3, 0.4) is 0 Å². The molecule has 1 aliphatic rings. The number of Topliss-reactive ketones (excluding diaryl/α,β-unsaturated/α-hetero) is 1. The van der Waals surface area contributed by atoms with Gasteiger partial charge < -0.3 is 4.57 Å². The molecule has 2 atom stereocenters. The maximum atomic E-state index is 11.4. The van der Waals surface area contributed by atoms with Crippen molar-refractivity contribution in [2.75, 3.05) is 0 Å². The number of ketones is 1. The first-order valence-corrected chi connectivity index (χ1v) is 4.88. The predicted molar refractivity (Wildman–Crippen MR) is 51.6 cm³/mol. The van der Waals surface area contributed by atoms with Gasteiger partial charge in [0, 0.05) is 37.2 Å². The van der Waals surface area contributed by atoms with E-state index in [1.165, 1.54) is 5.69 Å². The molecule has 1 aromatic rings. The minimum atomic E-state index is 0.318. The second-order valence-electron chi connectivity index (χ2n) is 3.81. The van der Waals surface area contributed by atoms with Gasteiger partial charge >= 0.3 is 0 Å². The third kappa shape index (κ3) is 1.41. The van der Waals surface area contributed by atoms with Gasteiger partial charge in [0.2, 0.25) is 0 Å². The average molecular weight is 177 g/mol. The van der Waals surface area contributed by atoms with Gasteiger partial charge in [0.05, 0.1) is 0 Å². The summed E-state index contributed by atoms with van der Waals surface area (Å²) in [5.74, 6) is 1.25. The molecule has 2 heteroatoms. The van der Waals surface area contributed by atoms with Gasteiger partial charge in [-0.05, 0) is 18.6 Å². The van der Waals surface area contributed by atoms with E-state index in [2.05, 4.69) is 10.6 Å². The van der Waals surface area contributed by atoms with Crippen LogP contribution in [0.5, 0.6) is 0 Å². The van der Waals surface area contributed by atoms with Crippen molar-refractivity contribution in [2.45, 2.75) is 25.7 Å². The van der Waals surface area contributed by atoms with Gasteiger partial charge in [0.15, 0.2) is 0 Å². The first-order valence-electron chi connectivity index (χ1n) is 4.88. The molecule has 70 valence electrons. The van der Waals surface area contributed by atoms with Crippen LogP contribution in [0.1, 0.15) is 31.4 Å². The number of rotatable bonds is 3. The van der Waals surface area contributed by atoms with E-state index < -0.39 is 0 Å². The summed E-state index contributed by atoms with van der Waals surface area (Å²) in [6.45, 7) is 1.95. The number of carbonyl (C=O) groups excluding carboxylic acids is 1. The van der Waals surface area contributed by atoms with Crippen LogP contribution in [0.15, 0.2) is 18.3 Å². The summed E-state index contributed by atoms with van der Waals surface area (Å²) < 4.78 is 2.12. The zero-order valence-electron chi connectivity index (χ0n) is 8.16. The van der Waals surface area contributed by atoms with Crippen LogP contribution in [0.2, 0.25) is 0 Å². The number of aromatic nitrogens is 1. The molecule has 0 saturated heterocycles. The number of hydrogen-bond donors (Lipinski definition) is 0. The average Bonchev–Trinajstić information content (AvgIpc) is 2.82. The normalized spacial score (nSPS) is 26.0. The summed E-state index contributed by atoms with van der Waals surface area (Å²) in [5, 5.41) is 0. The Labute approximate surface area is 78.6 Å². The van der Waals surface area contributed by atoms with Crippen molar-refractivity contribution in [3.05, 3.63) is 24.0 Å². The maximum Gasteiger partial charge on any atom is 0.136 e. The highest BCUT2D eigenvalue weighted by atomic mass is 16.1. The number of nitrogens with zero attached hydrogens (tertiary/aromatic N) is 1. The number of aryl methyl sites for hydroxylation is 1. The van der Waals surface area contributed by atoms with Crippen molar-refractivity contribution in [1.82, 2.24) is 4.57 Å². The van der Waals surface area contributed by atoms with Crippen LogP contribution in [-0.2, 0) is 11.8 Å². The second kappa shape index (κ2) is 3.02. The monoisotopic (exact) mass is 177 g/mol. The number of carbonyl (C=O) groups is 1. The van der Waals surface area contributed by atoms with Gasteiger partial charge in [-0.1, -0.05) is 6.92 Å². The summed E-state index contributed by atoms with van der Waals surface area (Å²) >= 11 is 0. The van der Waals surface area contributed by atoms with E-state index in [-0.39, 0.29) is 0 Å². The maximum absolute atomic E-state index is 11.4. The summed E-state index contributed by atoms with van der Waals surface area (Å²) in [6, 6.07) is 4.16. The minimum absolute atomic E-state index is 0.318. The zero-order chi connectivity index (χ0) is 9.42. The molecule has 0 spiro atoms. The molecule has 1 fully saturated rings. The Bertz CT molecular complexity index is 327. The molecular weight excluding hydrogens is 162 g/mol. The molecule has 0 bridgehead atoms. The van der Waals surface area contributed by atoms with Gasteiger partial charge in [-0.25, -0.2) is 0 Å². The highest BCUT2D eigenvalue weighted by Crippen LogP contribution is 2.48. The van der Waals surface area contributed by atoms with E-state index in [9.17, 15) is 4.79 Å². The van der Waals surface area contributed by atoms with E-state index in [1.807, 2.05) is 26.2 Å². The Morgan fingerprint density at radius 2 is 2.46 bits per heavy atom. The van der Waals surface area contributed by atoms with Crippen LogP contribution in [0, 0.1) is 5.92 Å². The fourth-order valence-electron chi connectivity index (χ4n) is 2.00. The van der Waals surface area contributed by atoms with E-state index >= 15 is 0 Å². The summed E-state index contributed by atoms with van der Waals surface area (Å²) in [4.78, 5) is 11.4. The van der Waals surface area contributed by atoms with Crippen LogP contribution in [0.4, 0.5) is 0 Å². The fourth-order valence-corrected chi connectivity index (χ4v) is 2.00. The SMILES string of the molecule is CCC(=O)C1CC1c1cccn1C. The van der Waals surface area contributed by atoms with Crippen molar-refractivity contribution in [3.8, 4) is 0 Å². The molecular formula is C11H15NO. The van der Waals surface area contributed by atoms with Gasteiger partial charge in [0.25, 0.3) is 0 Å². The molecule has 0 amide bonds. The molecule has 2 nitrogen and oxygen atoms in total. The summed E-state index contributed by atoms with van der Waals surface area (Å²) in [5.41, 5.74) is 1.31. The van der Waals surface area contributed by atoms with Crippen LogP contribution in [-0.4, -0.2) is 10.4 Å². The van der Waals surface area contributed by atoms with Gasteiger partial charge in [-0.2, -0.15) is 0 Å². The fraction of sp³-hybridized carbons (Fsp3) is 0.545. The molecule has 0 aromatic carbocycles. The molecule has 13 heavy (non-hydrogen) atoms. The quantitative estimate of drug-likeness (QED) is 0.693. The van der Waals surface area contributed by atoms with E-state index in [1.54, 1.807) is 0 Å². The Hall–Kier alpha value is -1.05. The standard InChI is InChI=1S/C11H15NO/c1-3-11(13)9-7-8(9)10-5-4-6-12(10)2/h4-6,8-9H,3,7H2,1-2H3. The smallest absolute Gasteiger partial charge is 0.136 e. The Morgan fingerprint density at radius 3 is 3.00 bits per heavy atom. The Morgan fingerprint density at radius 1 is 1.69 bits per heavy atom. The highest BCUT2D eigenvalue weighted by molar-refractivity contribution is 5.84. The lowest BCUT2D eigenvalue weighted by atomic mass is 10.1. The molecule has 1 heterocycles. The highest BCUT2D eigenvalue weighted by Gasteiger charge is 2.43. The lowest BCUT2D eigenvalue weighted by molar-refractivity contribution is -0.120. The molecule has 2 rings (SSSR count). The summed E-state index contributed by atoms with van der Waals surface area (Å²) in [7, 11) is 2.04. The van der Waals surface area contributed by atoms with E-state index in [0.717, 1.165) is 6.42 Å². The molecule has 1 aliphatic carbocycles. The van der Waals surface area contributed by atoms with Crippen molar-refractivity contribution < 1.29 is 4.79 Å². The molecule has 0 radical (unpaired) electrons. The van der Waals surface area contributed by atoms with E-state index in [4.69, 9.17) is 0 Å². The first-order chi connectivity index (χ1) is 6.24. The van der Waals surface area contributed by atoms with E-state index in [0.29, 0.717) is 24.0 Å². The van der Waals surface area contributed by atoms with Gasteiger partial charge in [-0.15, -0.1) is 0 Å². The van der Waals surface area contributed by atoms with Crippen molar-refractivity contribution in [1.29, 1.82) is 0 Å². The summed E-state index contributed by atoms with van der Waals surface area (Å²) in [6.07, 6.45) is 3.79. The molecule has 0 aliphatic heterocycles. The van der Waals surface area contributed by atoms with Crippen LogP contribution in [0.25, 0.3) is 0 Å². The van der Waals surface area contributed by atoms with Gasteiger partial charge in [0.1, 0.15) is 5.78 Å². The largest absolute Gasteiger partial charge is 0.354 e. The van der Waals surface area contributed by atoms with Crippen LogP contribution >= 0.6 is 0 Å². The molecule has 2 unspecified atom stereocenters. The molecule has 1 saturated carbocycles. The Balaban J connectivity index is 2.08. The lowest BCUT2D eigenvalue weighted by Gasteiger charge is -2.00. The molecule has 1 aromatic heterocycles. The Kier molecular flexibility index (Phi) is 1.98. The topological polar surface area (TPSA) is 22.0 Å². The van der Waals surface area contributed by atoms with Crippen LogP contribution < -0.4 is 0 Å². The third-order valence-electron chi connectivity index (χ3n) is 2.92. The minimum Gasteiger partial charge on any atom is -0.354 e. The lowest BCUT2D eigenvalue weighted by Crippen LogP contribution is -2.01. The van der Waals surface area contributed by atoms with Crippen molar-refractivity contribution in [2.24, 2.45) is 13.0 Å². The predicted octanol–water partition coefficient (Wildman–Crippen LogP) is 2.11. The van der Waals surface area contributed by atoms with Gasteiger partial charge in [-0.3, -0.25) is 4.79 Å². The molecule has 0 N–H and O–H groups in total. The van der Waals surface area contributed by atoms with Crippen molar-refractivity contribution in [3.63, 3.8) is 0 Å². The number of hydrogen-bond acceptors (Lipinski definition) is 1. The third-order valence-corrected chi connectivity index (χ3v) is 2.92. The van der Waals surface area contributed by atoms with Crippen molar-refractivity contribution >= 4 is 5.78 Å².